The molecule has 0 radical (unpaired) electrons. The molecule has 1 unspecified atom stereocenters. The van der Waals surface area contributed by atoms with Gasteiger partial charge in [0.2, 0.25) is 0 Å². The Bertz CT molecular complexity index is 232. The summed E-state index contributed by atoms with van der Waals surface area (Å²) in [4.78, 5) is 20.7. The van der Waals surface area contributed by atoms with Crippen molar-refractivity contribution in [1.29, 1.82) is 0 Å². The first-order valence-electron chi connectivity index (χ1n) is 4.41. The molecule has 1 heterocycles. The van der Waals surface area contributed by atoms with Crippen LogP contribution in [0.15, 0.2) is 0 Å². The van der Waals surface area contributed by atoms with Gasteiger partial charge in [-0.1, -0.05) is 31.4 Å². The molecular weight excluding hydrogens is 192 g/mol. The van der Waals surface area contributed by atoms with E-state index in [1.54, 1.807) is 0 Å². The average molecular weight is 205 g/mol. The molecule has 1 atom stereocenters. The van der Waals surface area contributed by atoms with Crippen LogP contribution in [0.1, 0.15) is 32.6 Å². The molecule has 0 aliphatic carbocycles. The highest BCUT2D eigenvalue weighted by Gasteiger charge is 2.43. The predicted molar refractivity (Wildman–Crippen MR) is 49.4 cm³/mol. The number of carbonyl (C=O) groups excluding carboxylic acids is 2. The van der Waals surface area contributed by atoms with Gasteiger partial charge in [0.05, 0.1) is 0 Å². The molecule has 1 aliphatic rings. The van der Waals surface area contributed by atoms with E-state index in [9.17, 15) is 9.59 Å². The van der Waals surface area contributed by atoms with Crippen LogP contribution in [0.5, 0.6) is 0 Å². The average Bonchev–Trinajstić information content (AvgIpc) is 2.27. The second-order valence-corrected chi connectivity index (χ2v) is 3.81. The predicted octanol–water partition coefficient (Wildman–Crippen LogP) is 1.34. The fourth-order valence-corrected chi connectivity index (χ4v) is 1.53. The second kappa shape index (κ2) is 3.96. The van der Waals surface area contributed by atoms with Crippen molar-refractivity contribution in [2.45, 2.75) is 37.6 Å². The number of imide groups is 1. The van der Waals surface area contributed by atoms with Gasteiger partial charge in [0.15, 0.2) is 5.00 Å². The molecule has 1 rings (SSSR count). The van der Waals surface area contributed by atoms with Crippen LogP contribution in [0.4, 0.5) is 4.79 Å². The van der Waals surface area contributed by atoms with Gasteiger partial charge >= 0.3 is 6.03 Å². The second-order valence-electron chi connectivity index (χ2n) is 3.17. The molecule has 74 valence electrons. The number of amides is 3. The number of nitrogens with one attached hydrogen (secondary N) is 2. The van der Waals surface area contributed by atoms with Gasteiger partial charge < -0.3 is 5.32 Å². The van der Waals surface area contributed by atoms with E-state index in [2.05, 4.69) is 17.6 Å². The van der Waals surface area contributed by atoms with Crippen LogP contribution in [0, 0.1) is 0 Å². The van der Waals surface area contributed by atoms with Crippen molar-refractivity contribution in [3.8, 4) is 0 Å². The molecule has 2 N–H and O–H groups in total. The summed E-state index contributed by atoms with van der Waals surface area (Å²) in [5.74, 6) is -0.435. The highest BCUT2D eigenvalue weighted by atomic mass is 35.5. The SMILES string of the molecule is CCCCCC1(Cl)NC(=O)NC1=O. The third-order valence-corrected chi connectivity index (χ3v) is 2.48. The number of alkyl halides is 1. The fourth-order valence-electron chi connectivity index (χ4n) is 1.26. The molecule has 0 aromatic heterocycles. The summed E-state index contributed by atoms with van der Waals surface area (Å²) < 4.78 is 0. The Morgan fingerprint density at radius 1 is 1.38 bits per heavy atom. The first-order valence-corrected chi connectivity index (χ1v) is 4.79. The van der Waals surface area contributed by atoms with Gasteiger partial charge in [-0.3, -0.25) is 10.1 Å². The molecule has 0 spiro atoms. The van der Waals surface area contributed by atoms with E-state index in [0.717, 1.165) is 19.3 Å². The molecule has 3 amide bonds. The lowest BCUT2D eigenvalue weighted by Gasteiger charge is -2.16. The summed E-state index contributed by atoms with van der Waals surface area (Å²) in [5, 5.41) is 4.52. The van der Waals surface area contributed by atoms with E-state index < -0.39 is 16.9 Å². The third kappa shape index (κ3) is 2.34. The molecule has 0 aromatic carbocycles. The van der Waals surface area contributed by atoms with E-state index in [-0.39, 0.29) is 0 Å². The molecule has 4 nitrogen and oxygen atoms in total. The van der Waals surface area contributed by atoms with Gasteiger partial charge in [0.1, 0.15) is 0 Å². The van der Waals surface area contributed by atoms with Crippen LogP contribution in [-0.2, 0) is 4.79 Å². The smallest absolute Gasteiger partial charge is 0.311 e. The minimum atomic E-state index is -1.20. The lowest BCUT2D eigenvalue weighted by Crippen LogP contribution is -2.40. The van der Waals surface area contributed by atoms with Gasteiger partial charge in [0, 0.05) is 0 Å². The van der Waals surface area contributed by atoms with E-state index in [1.165, 1.54) is 0 Å². The molecule has 5 heteroatoms. The number of unbranched alkanes of at least 4 members (excludes halogenated alkanes) is 2. The molecule has 1 fully saturated rings. The first-order chi connectivity index (χ1) is 6.08. The molecule has 0 saturated carbocycles. The zero-order chi connectivity index (χ0) is 9.90. The van der Waals surface area contributed by atoms with Crippen molar-refractivity contribution >= 4 is 23.5 Å². The normalized spacial score (nSPS) is 27.2. The van der Waals surface area contributed by atoms with Crippen molar-refractivity contribution in [2.24, 2.45) is 0 Å². The monoisotopic (exact) mass is 204 g/mol. The Kier molecular flexibility index (Phi) is 3.14. The zero-order valence-electron chi connectivity index (χ0n) is 7.52. The quantitative estimate of drug-likeness (QED) is 0.314. The Morgan fingerprint density at radius 2 is 2.08 bits per heavy atom. The van der Waals surface area contributed by atoms with E-state index in [0.29, 0.717) is 6.42 Å². The van der Waals surface area contributed by atoms with E-state index in [4.69, 9.17) is 11.6 Å². The Labute approximate surface area is 82.0 Å². The minimum absolute atomic E-state index is 0.435. The minimum Gasteiger partial charge on any atom is -0.311 e. The van der Waals surface area contributed by atoms with Gasteiger partial charge in [-0.15, -0.1) is 0 Å². The van der Waals surface area contributed by atoms with Crippen LogP contribution < -0.4 is 10.6 Å². The summed E-state index contributed by atoms with van der Waals surface area (Å²) in [6.45, 7) is 2.06. The lowest BCUT2D eigenvalue weighted by atomic mass is 10.1. The van der Waals surface area contributed by atoms with E-state index in [1.807, 2.05) is 0 Å². The summed E-state index contributed by atoms with van der Waals surface area (Å²) in [5.41, 5.74) is 0. The van der Waals surface area contributed by atoms with Crippen molar-refractivity contribution in [1.82, 2.24) is 10.6 Å². The number of halogens is 1. The number of urea groups is 1. The highest BCUT2D eigenvalue weighted by molar-refractivity contribution is 6.38. The maximum absolute atomic E-state index is 11.2. The summed E-state index contributed by atoms with van der Waals surface area (Å²) in [6, 6.07) is -0.503. The number of hydrogen-bond donors (Lipinski definition) is 2. The molecule has 1 aliphatic heterocycles. The van der Waals surface area contributed by atoms with Crippen molar-refractivity contribution in [3.63, 3.8) is 0 Å². The molecule has 1 saturated heterocycles. The van der Waals surface area contributed by atoms with Gasteiger partial charge in [-0.05, 0) is 12.8 Å². The summed E-state index contributed by atoms with van der Waals surface area (Å²) >= 11 is 5.91. The molecule has 0 bridgehead atoms. The maximum Gasteiger partial charge on any atom is 0.323 e. The van der Waals surface area contributed by atoms with Gasteiger partial charge in [0.25, 0.3) is 5.91 Å². The summed E-state index contributed by atoms with van der Waals surface area (Å²) in [7, 11) is 0. The van der Waals surface area contributed by atoms with Crippen molar-refractivity contribution in [2.75, 3.05) is 0 Å². The zero-order valence-corrected chi connectivity index (χ0v) is 8.28. The van der Waals surface area contributed by atoms with Crippen molar-refractivity contribution in [3.05, 3.63) is 0 Å². The lowest BCUT2D eigenvalue weighted by molar-refractivity contribution is -0.121. The highest BCUT2D eigenvalue weighted by Crippen LogP contribution is 2.23. The Hall–Kier alpha value is -0.770. The first kappa shape index (κ1) is 10.3. The van der Waals surface area contributed by atoms with Crippen LogP contribution in [0.2, 0.25) is 0 Å². The van der Waals surface area contributed by atoms with Gasteiger partial charge in [-0.2, -0.15) is 0 Å². The van der Waals surface area contributed by atoms with Crippen LogP contribution in [0.25, 0.3) is 0 Å². The van der Waals surface area contributed by atoms with Gasteiger partial charge in [-0.25, -0.2) is 4.79 Å². The third-order valence-electron chi connectivity index (χ3n) is 2.02. The van der Waals surface area contributed by atoms with Crippen LogP contribution >= 0.6 is 11.6 Å². The number of hydrogen-bond acceptors (Lipinski definition) is 2. The van der Waals surface area contributed by atoms with Crippen molar-refractivity contribution < 1.29 is 9.59 Å². The Balaban J connectivity index is 2.46. The van der Waals surface area contributed by atoms with Crippen LogP contribution in [0.3, 0.4) is 0 Å². The largest absolute Gasteiger partial charge is 0.323 e. The number of carbonyl (C=O) groups is 2. The van der Waals surface area contributed by atoms with E-state index >= 15 is 0 Å². The fraction of sp³-hybridized carbons (Fsp3) is 0.750. The van der Waals surface area contributed by atoms with Crippen LogP contribution in [-0.4, -0.2) is 16.9 Å². The molecule has 13 heavy (non-hydrogen) atoms. The Morgan fingerprint density at radius 3 is 2.54 bits per heavy atom. The topological polar surface area (TPSA) is 58.2 Å². The summed E-state index contributed by atoms with van der Waals surface area (Å²) in [6.07, 6.45) is 3.40. The molecule has 0 aromatic rings. The molecular formula is C8H13ClN2O2. The standard InChI is InChI=1S/C8H13ClN2O2/c1-2-3-4-5-8(9)6(12)10-7(13)11-8/h2-5H2,1H3,(H2,10,11,12,13). The maximum atomic E-state index is 11.2. The number of rotatable bonds is 4.